The first-order valence-corrected chi connectivity index (χ1v) is 9.43. The van der Waals surface area contributed by atoms with Crippen LogP contribution in [0.2, 0.25) is 0 Å². The van der Waals surface area contributed by atoms with Crippen molar-refractivity contribution in [2.45, 2.75) is 51.9 Å². The fraction of sp³-hybridized carbons (Fsp3) is 0.455. The number of hydrogen-bond donors (Lipinski definition) is 1. The molecule has 0 aromatic heterocycles. The fourth-order valence-electron chi connectivity index (χ4n) is 4.84. The fourth-order valence-corrected chi connectivity index (χ4v) is 4.84. The second kappa shape index (κ2) is 5.98. The third-order valence-corrected chi connectivity index (χ3v) is 6.25. The van der Waals surface area contributed by atoms with Crippen LogP contribution in [0.3, 0.4) is 0 Å². The van der Waals surface area contributed by atoms with Crippen LogP contribution in [0.4, 0.5) is 0 Å². The summed E-state index contributed by atoms with van der Waals surface area (Å²) in [6, 6.07) is 10.5. The predicted molar refractivity (Wildman–Crippen MR) is 101 cm³/mol. The Kier molecular flexibility index (Phi) is 3.90. The van der Waals surface area contributed by atoms with E-state index in [1.54, 1.807) is 0 Å². The van der Waals surface area contributed by atoms with Crippen LogP contribution < -0.4 is 5.32 Å². The van der Waals surface area contributed by atoms with Crippen LogP contribution in [-0.4, -0.2) is 12.0 Å². The Morgan fingerprint density at radius 1 is 1.24 bits per heavy atom. The molecule has 0 bridgehead atoms. The number of carbonyl (C=O) groups is 1. The van der Waals surface area contributed by atoms with Gasteiger partial charge in [-0.2, -0.15) is 0 Å². The van der Waals surface area contributed by atoms with Crippen molar-refractivity contribution >= 4 is 12.0 Å². The molecule has 2 heterocycles. The van der Waals surface area contributed by atoms with E-state index in [4.69, 9.17) is 0 Å². The number of dihydropyridines is 1. The molecule has 4 rings (SSSR count). The van der Waals surface area contributed by atoms with E-state index in [-0.39, 0.29) is 5.41 Å². The second-order valence-electron chi connectivity index (χ2n) is 7.78. The Labute approximate surface area is 149 Å². The van der Waals surface area contributed by atoms with Crippen molar-refractivity contribution in [3.63, 3.8) is 0 Å². The minimum Gasteiger partial charge on any atom is -0.343 e. The minimum absolute atomic E-state index is 0.316. The number of allylic oxidation sites excluding steroid dienone is 3. The van der Waals surface area contributed by atoms with E-state index in [1.165, 1.54) is 11.1 Å². The van der Waals surface area contributed by atoms with Gasteiger partial charge in [-0.25, -0.2) is 4.99 Å². The van der Waals surface area contributed by atoms with Crippen LogP contribution in [0.15, 0.2) is 58.0 Å². The van der Waals surface area contributed by atoms with E-state index in [0.29, 0.717) is 24.0 Å². The first-order valence-electron chi connectivity index (χ1n) is 9.43. The molecule has 0 spiro atoms. The number of carbonyl (C=O) groups excluding carboxylic acids is 1. The van der Waals surface area contributed by atoms with Gasteiger partial charge in [0.1, 0.15) is 5.82 Å². The summed E-state index contributed by atoms with van der Waals surface area (Å²) in [7, 11) is 0. The highest BCUT2D eigenvalue weighted by Crippen LogP contribution is 2.52. The zero-order chi connectivity index (χ0) is 17.6. The van der Waals surface area contributed by atoms with Crippen LogP contribution in [0.25, 0.3) is 0 Å². The average molecular weight is 334 g/mol. The van der Waals surface area contributed by atoms with E-state index < -0.39 is 0 Å². The maximum Gasteiger partial charge on any atom is 0.162 e. The highest BCUT2D eigenvalue weighted by molar-refractivity contribution is 6.01. The second-order valence-corrected chi connectivity index (χ2v) is 7.78. The first-order chi connectivity index (χ1) is 12.1. The number of aliphatic imine (C=N–C) groups is 1. The molecule has 130 valence electrons. The average Bonchev–Trinajstić information content (AvgIpc) is 3.09. The molecule has 0 saturated heterocycles. The summed E-state index contributed by atoms with van der Waals surface area (Å²) in [6.07, 6.45) is 5.30. The minimum atomic E-state index is -0.327. The molecule has 0 unspecified atom stereocenters. The third-order valence-electron chi connectivity index (χ3n) is 6.25. The first kappa shape index (κ1) is 16.3. The van der Waals surface area contributed by atoms with Crippen LogP contribution >= 0.6 is 0 Å². The Balaban J connectivity index is 1.93. The number of hydrogen-bond acceptors (Lipinski definition) is 3. The molecule has 0 saturated carbocycles. The van der Waals surface area contributed by atoms with E-state index in [2.05, 4.69) is 55.3 Å². The lowest BCUT2D eigenvalue weighted by Crippen LogP contribution is -2.44. The molecule has 0 amide bonds. The molecule has 1 aliphatic carbocycles. The molecular weight excluding hydrogens is 308 g/mol. The van der Waals surface area contributed by atoms with Crippen molar-refractivity contribution in [2.75, 3.05) is 0 Å². The molecule has 0 fully saturated rings. The highest BCUT2D eigenvalue weighted by Gasteiger charge is 2.49. The summed E-state index contributed by atoms with van der Waals surface area (Å²) in [6.45, 7) is 6.64. The van der Waals surface area contributed by atoms with Crippen molar-refractivity contribution in [2.24, 2.45) is 16.8 Å². The SMILES string of the molecule is CC[C@]1(c2ccccc2)C2=C(N=CC2)NC2=C1C(=O)C[C@@H](C(C)C)C2. The van der Waals surface area contributed by atoms with Crippen LogP contribution in [-0.2, 0) is 10.2 Å². The van der Waals surface area contributed by atoms with Crippen LogP contribution in [0.5, 0.6) is 0 Å². The van der Waals surface area contributed by atoms with Gasteiger partial charge in [-0.3, -0.25) is 4.79 Å². The van der Waals surface area contributed by atoms with Crippen molar-refractivity contribution in [3.8, 4) is 0 Å². The third kappa shape index (κ3) is 2.32. The summed E-state index contributed by atoms with van der Waals surface area (Å²) >= 11 is 0. The largest absolute Gasteiger partial charge is 0.343 e. The maximum atomic E-state index is 13.3. The van der Waals surface area contributed by atoms with Gasteiger partial charge in [-0.1, -0.05) is 51.1 Å². The van der Waals surface area contributed by atoms with Gasteiger partial charge in [0.05, 0.1) is 5.41 Å². The standard InChI is InChI=1S/C22H26N2O/c1-4-22(16-8-6-5-7-9-16)17-10-11-23-21(17)24-18-12-15(14(2)3)13-19(25)20(18)22/h5-9,11,14-15,24H,4,10,12-13H2,1-3H3/t15-,22-/m0/s1. The Bertz CT molecular complexity index is 801. The van der Waals surface area contributed by atoms with Gasteiger partial charge >= 0.3 is 0 Å². The van der Waals surface area contributed by atoms with Gasteiger partial charge in [0, 0.05) is 30.3 Å². The molecule has 1 aromatic carbocycles. The molecular formula is C22H26N2O. The van der Waals surface area contributed by atoms with Crippen LogP contribution in [0.1, 0.15) is 52.0 Å². The summed E-state index contributed by atoms with van der Waals surface area (Å²) in [5.41, 5.74) is 4.27. The maximum absolute atomic E-state index is 13.3. The molecule has 2 aliphatic heterocycles. The van der Waals surface area contributed by atoms with Crippen LogP contribution in [0, 0.1) is 11.8 Å². The lowest BCUT2D eigenvalue weighted by Gasteiger charge is -2.45. The lowest BCUT2D eigenvalue weighted by molar-refractivity contribution is -0.118. The number of benzene rings is 1. The normalized spacial score (nSPS) is 28.3. The summed E-state index contributed by atoms with van der Waals surface area (Å²) in [5.74, 6) is 2.21. The molecule has 3 heteroatoms. The molecule has 1 aromatic rings. The molecule has 2 atom stereocenters. The van der Waals surface area contributed by atoms with E-state index >= 15 is 0 Å². The van der Waals surface area contributed by atoms with Gasteiger partial charge in [0.25, 0.3) is 0 Å². The highest BCUT2D eigenvalue weighted by atomic mass is 16.1. The quantitative estimate of drug-likeness (QED) is 0.883. The van der Waals surface area contributed by atoms with E-state index in [9.17, 15) is 4.79 Å². The number of nitrogens with one attached hydrogen (secondary N) is 1. The summed E-state index contributed by atoms with van der Waals surface area (Å²) < 4.78 is 0. The van der Waals surface area contributed by atoms with Gasteiger partial charge in [-0.15, -0.1) is 0 Å². The lowest BCUT2D eigenvalue weighted by atomic mass is 9.60. The number of ketones is 1. The zero-order valence-corrected chi connectivity index (χ0v) is 15.3. The Morgan fingerprint density at radius 3 is 2.68 bits per heavy atom. The van der Waals surface area contributed by atoms with E-state index in [0.717, 1.165) is 36.4 Å². The zero-order valence-electron chi connectivity index (χ0n) is 15.3. The topological polar surface area (TPSA) is 41.5 Å². The molecule has 0 radical (unpaired) electrons. The van der Waals surface area contributed by atoms with E-state index in [1.807, 2.05) is 12.3 Å². The van der Waals surface area contributed by atoms with Gasteiger partial charge in [-0.05, 0) is 35.8 Å². The molecule has 25 heavy (non-hydrogen) atoms. The summed E-state index contributed by atoms with van der Waals surface area (Å²) in [5, 5.41) is 3.53. The molecule has 3 aliphatic rings. The smallest absolute Gasteiger partial charge is 0.162 e. The summed E-state index contributed by atoms with van der Waals surface area (Å²) in [4.78, 5) is 17.9. The predicted octanol–water partition coefficient (Wildman–Crippen LogP) is 4.51. The number of rotatable bonds is 3. The van der Waals surface area contributed by atoms with Crippen molar-refractivity contribution in [3.05, 3.63) is 58.6 Å². The van der Waals surface area contributed by atoms with Crippen molar-refractivity contribution in [1.82, 2.24) is 5.32 Å². The molecule has 1 N–H and O–H groups in total. The Hall–Kier alpha value is -2.16. The van der Waals surface area contributed by atoms with Gasteiger partial charge in [0.15, 0.2) is 5.78 Å². The van der Waals surface area contributed by atoms with Gasteiger partial charge < -0.3 is 5.32 Å². The number of nitrogens with zero attached hydrogens (tertiary/aromatic N) is 1. The number of Topliss-reactive ketones (excluding diaryl/α,β-unsaturated/α-hetero) is 1. The monoisotopic (exact) mass is 334 g/mol. The van der Waals surface area contributed by atoms with Gasteiger partial charge in [0.2, 0.25) is 0 Å². The molecule has 3 nitrogen and oxygen atoms in total. The van der Waals surface area contributed by atoms with Crippen molar-refractivity contribution < 1.29 is 4.79 Å². The Morgan fingerprint density at radius 2 is 2.00 bits per heavy atom. The van der Waals surface area contributed by atoms with Crippen molar-refractivity contribution in [1.29, 1.82) is 0 Å².